The van der Waals surface area contributed by atoms with E-state index in [4.69, 9.17) is 16.7 Å². The second-order valence-corrected chi connectivity index (χ2v) is 13.4. The molecule has 9 heteroatoms. The molecule has 1 atom stereocenters. The number of rotatable bonds is 7. The second kappa shape index (κ2) is 12.2. The van der Waals surface area contributed by atoms with Crippen LogP contribution in [-0.4, -0.2) is 34.7 Å². The van der Waals surface area contributed by atoms with Crippen LogP contribution in [-0.2, 0) is 5.41 Å². The zero-order chi connectivity index (χ0) is 29.1. The number of aromatic nitrogens is 2. The summed E-state index contributed by atoms with van der Waals surface area (Å²) < 4.78 is 2.36. The predicted molar refractivity (Wildman–Crippen MR) is 168 cm³/mol. The third-order valence-electron chi connectivity index (χ3n) is 7.46. The van der Waals surface area contributed by atoms with Crippen LogP contribution in [0.15, 0.2) is 66.7 Å². The SMILES string of the molecule is Cc1ccc(-n2nc(C(C)(C)C)cc2NC(=O)Nc2cccc(C(C(=O)c3ccc(Cl)s3)C3CCNCC3)c2)cc1. The predicted octanol–water partition coefficient (Wildman–Crippen LogP) is 7.80. The van der Waals surface area contributed by atoms with Crippen molar-refractivity contribution in [2.24, 2.45) is 5.92 Å². The summed E-state index contributed by atoms with van der Waals surface area (Å²) in [4.78, 5) is 27.7. The molecule has 1 unspecified atom stereocenters. The molecule has 214 valence electrons. The van der Waals surface area contributed by atoms with Gasteiger partial charge < -0.3 is 10.6 Å². The molecule has 0 saturated carbocycles. The van der Waals surface area contributed by atoms with Crippen molar-refractivity contribution in [3.8, 4) is 5.69 Å². The van der Waals surface area contributed by atoms with E-state index >= 15 is 0 Å². The van der Waals surface area contributed by atoms with Gasteiger partial charge in [0.25, 0.3) is 0 Å². The van der Waals surface area contributed by atoms with E-state index in [1.807, 2.05) is 67.6 Å². The lowest BCUT2D eigenvalue weighted by Crippen LogP contribution is -2.33. The van der Waals surface area contributed by atoms with Crippen LogP contribution < -0.4 is 16.0 Å². The molecule has 0 radical (unpaired) electrons. The molecule has 2 aromatic heterocycles. The molecule has 0 aliphatic carbocycles. The number of piperidine rings is 1. The maximum absolute atomic E-state index is 13.7. The molecule has 7 nitrogen and oxygen atoms in total. The van der Waals surface area contributed by atoms with Crippen LogP contribution >= 0.6 is 22.9 Å². The van der Waals surface area contributed by atoms with Gasteiger partial charge in [-0.05, 0) is 80.7 Å². The molecule has 0 bridgehead atoms. The number of benzene rings is 2. The summed E-state index contributed by atoms with van der Waals surface area (Å²) in [5.41, 5.74) is 4.19. The average molecular weight is 590 g/mol. The van der Waals surface area contributed by atoms with Crippen LogP contribution in [0.25, 0.3) is 5.69 Å². The molecular formula is C32H36ClN5O2S. The lowest BCUT2D eigenvalue weighted by Gasteiger charge is -2.30. The number of urea groups is 1. The first-order valence-corrected chi connectivity index (χ1v) is 15.1. The summed E-state index contributed by atoms with van der Waals surface area (Å²) in [5, 5.41) is 14.2. The maximum Gasteiger partial charge on any atom is 0.324 e. The minimum Gasteiger partial charge on any atom is -0.317 e. The van der Waals surface area contributed by atoms with Gasteiger partial charge in [-0.3, -0.25) is 10.1 Å². The van der Waals surface area contributed by atoms with Gasteiger partial charge >= 0.3 is 6.03 Å². The van der Waals surface area contributed by atoms with Crippen LogP contribution in [0.5, 0.6) is 0 Å². The van der Waals surface area contributed by atoms with Crippen molar-refractivity contribution < 1.29 is 9.59 Å². The number of Topliss-reactive ketones (excluding diaryl/α,β-unsaturated/α-hetero) is 1. The number of carbonyl (C=O) groups is 2. The van der Waals surface area contributed by atoms with Crippen molar-refractivity contribution in [2.45, 2.75) is 51.9 Å². The number of nitrogens with zero attached hydrogens (tertiary/aromatic N) is 2. The quantitative estimate of drug-likeness (QED) is 0.192. The fourth-order valence-electron chi connectivity index (χ4n) is 5.22. The zero-order valence-corrected chi connectivity index (χ0v) is 25.4. The first kappa shape index (κ1) is 29.0. The van der Waals surface area contributed by atoms with Gasteiger partial charge in [0.05, 0.1) is 26.5 Å². The summed E-state index contributed by atoms with van der Waals surface area (Å²) in [7, 11) is 0. The zero-order valence-electron chi connectivity index (χ0n) is 23.8. The lowest BCUT2D eigenvalue weighted by atomic mass is 9.77. The van der Waals surface area contributed by atoms with Gasteiger partial charge in [0.1, 0.15) is 5.82 Å². The van der Waals surface area contributed by atoms with Gasteiger partial charge in [-0.1, -0.05) is 62.2 Å². The van der Waals surface area contributed by atoms with E-state index in [1.165, 1.54) is 11.3 Å². The number of nitrogens with one attached hydrogen (secondary N) is 3. The van der Waals surface area contributed by atoms with Gasteiger partial charge in [0, 0.05) is 17.2 Å². The Bertz CT molecular complexity index is 1530. The Balaban J connectivity index is 1.39. The van der Waals surface area contributed by atoms with Crippen molar-refractivity contribution in [3.63, 3.8) is 0 Å². The van der Waals surface area contributed by atoms with E-state index in [0.717, 1.165) is 48.4 Å². The molecule has 1 fully saturated rings. The monoisotopic (exact) mass is 589 g/mol. The fourth-order valence-corrected chi connectivity index (χ4v) is 6.25. The summed E-state index contributed by atoms with van der Waals surface area (Å²) in [5.74, 6) is 0.541. The topological polar surface area (TPSA) is 88.1 Å². The molecule has 41 heavy (non-hydrogen) atoms. The highest BCUT2D eigenvalue weighted by Gasteiger charge is 2.32. The number of hydrogen-bond donors (Lipinski definition) is 3. The number of anilines is 2. The number of amides is 2. The minimum absolute atomic E-state index is 0.0760. The maximum atomic E-state index is 13.7. The normalized spacial score (nSPS) is 15.0. The number of halogens is 1. The first-order valence-electron chi connectivity index (χ1n) is 13.9. The van der Waals surface area contributed by atoms with Crippen molar-refractivity contribution in [1.29, 1.82) is 0 Å². The standard InChI is InChI=1S/C32H36ClN5O2S/c1-20-8-10-24(11-9-20)38-28(19-26(37-38)32(2,3)4)36-31(40)35-23-7-5-6-22(18-23)29(21-14-16-34-17-15-21)30(39)25-12-13-27(33)41-25/h5-13,18-19,21,29,34H,14-17H2,1-4H3,(H2,35,36,40). The Hall–Kier alpha value is -3.46. The van der Waals surface area contributed by atoms with E-state index < -0.39 is 0 Å². The van der Waals surface area contributed by atoms with E-state index in [9.17, 15) is 9.59 Å². The Labute approximate surface area is 250 Å². The largest absolute Gasteiger partial charge is 0.324 e. The molecule has 1 saturated heterocycles. The molecular weight excluding hydrogens is 554 g/mol. The summed E-state index contributed by atoms with van der Waals surface area (Å²) in [6, 6.07) is 20.7. The van der Waals surface area contributed by atoms with Crippen LogP contribution in [0.2, 0.25) is 4.34 Å². The molecule has 0 spiro atoms. The number of ketones is 1. The third-order valence-corrected chi connectivity index (χ3v) is 8.70. The Morgan fingerprint density at radius 1 is 1.02 bits per heavy atom. The number of carbonyl (C=O) groups excluding carboxylic acids is 2. The third kappa shape index (κ3) is 6.89. The van der Waals surface area contributed by atoms with Crippen LogP contribution in [0.3, 0.4) is 0 Å². The summed E-state index contributed by atoms with van der Waals surface area (Å²) in [6.07, 6.45) is 1.82. The highest BCUT2D eigenvalue weighted by atomic mass is 35.5. The summed E-state index contributed by atoms with van der Waals surface area (Å²) >= 11 is 7.48. The molecule has 1 aliphatic heterocycles. The smallest absolute Gasteiger partial charge is 0.317 e. The number of aryl methyl sites for hydroxylation is 1. The number of thiophene rings is 1. The van der Waals surface area contributed by atoms with E-state index in [1.54, 1.807) is 10.7 Å². The van der Waals surface area contributed by atoms with Crippen molar-refractivity contribution in [2.75, 3.05) is 23.7 Å². The van der Waals surface area contributed by atoms with Crippen molar-refractivity contribution >= 4 is 46.3 Å². The van der Waals surface area contributed by atoms with E-state index in [-0.39, 0.29) is 29.1 Å². The Morgan fingerprint density at radius 2 is 1.76 bits per heavy atom. The van der Waals surface area contributed by atoms with E-state index in [0.29, 0.717) is 20.7 Å². The molecule has 2 amide bonds. The Morgan fingerprint density at radius 3 is 2.41 bits per heavy atom. The molecule has 3 heterocycles. The van der Waals surface area contributed by atoms with Crippen molar-refractivity contribution in [3.05, 3.63) is 92.8 Å². The van der Waals surface area contributed by atoms with Gasteiger partial charge in [0.2, 0.25) is 0 Å². The molecule has 1 aliphatic rings. The molecule has 5 rings (SSSR count). The fraction of sp³-hybridized carbons (Fsp3) is 0.344. The van der Waals surface area contributed by atoms with Gasteiger partial charge in [-0.25, -0.2) is 9.48 Å². The Kier molecular flexibility index (Phi) is 8.63. The van der Waals surface area contributed by atoms with Gasteiger partial charge in [-0.15, -0.1) is 11.3 Å². The minimum atomic E-state index is -0.384. The molecule has 4 aromatic rings. The van der Waals surface area contributed by atoms with Crippen LogP contribution in [0.4, 0.5) is 16.3 Å². The summed E-state index contributed by atoms with van der Waals surface area (Å²) in [6.45, 7) is 10.1. The first-order chi connectivity index (χ1) is 19.6. The lowest BCUT2D eigenvalue weighted by molar-refractivity contribution is 0.0920. The average Bonchev–Trinajstić information content (AvgIpc) is 3.57. The van der Waals surface area contributed by atoms with Crippen molar-refractivity contribution in [1.82, 2.24) is 15.1 Å². The second-order valence-electron chi connectivity index (χ2n) is 11.6. The highest BCUT2D eigenvalue weighted by molar-refractivity contribution is 7.18. The van der Waals surface area contributed by atoms with Crippen LogP contribution in [0.1, 0.15) is 66.0 Å². The highest BCUT2D eigenvalue weighted by Crippen LogP contribution is 2.37. The molecule has 3 N–H and O–H groups in total. The van der Waals surface area contributed by atoms with Gasteiger partial charge in [0.15, 0.2) is 5.78 Å². The number of hydrogen-bond acceptors (Lipinski definition) is 5. The van der Waals surface area contributed by atoms with Gasteiger partial charge in [-0.2, -0.15) is 5.10 Å². The molecule has 2 aromatic carbocycles. The van der Waals surface area contributed by atoms with E-state index in [2.05, 4.69) is 36.7 Å². The van der Waals surface area contributed by atoms with Crippen LogP contribution in [0, 0.1) is 12.8 Å².